The molecule has 0 aliphatic carbocycles. The van der Waals surface area contributed by atoms with Crippen LogP contribution in [-0.4, -0.2) is 55.3 Å². The number of likely N-dealkylation sites (tertiary alicyclic amines) is 1. The highest BCUT2D eigenvalue weighted by molar-refractivity contribution is 5.99. The van der Waals surface area contributed by atoms with E-state index in [0.29, 0.717) is 42.7 Å². The molecule has 1 aliphatic rings. The minimum Gasteiger partial charge on any atom is -0.472 e. The molecule has 0 atom stereocenters. The van der Waals surface area contributed by atoms with Crippen molar-refractivity contribution in [2.45, 2.75) is 12.8 Å². The lowest BCUT2D eigenvalue weighted by Crippen LogP contribution is -2.41. The molecule has 0 unspecified atom stereocenters. The van der Waals surface area contributed by atoms with Gasteiger partial charge in [-0.05, 0) is 37.1 Å². The van der Waals surface area contributed by atoms with Crippen molar-refractivity contribution in [2.75, 3.05) is 32.1 Å². The number of hydrogen-bond donors (Lipinski definition) is 2. The van der Waals surface area contributed by atoms with Crippen LogP contribution in [0.1, 0.15) is 33.6 Å². The zero-order valence-corrected chi connectivity index (χ0v) is 16.6. The molecule has 0 radical (unpaired) electrons. The molecule has 3 rings (SSSR count). The van der Waals surface area contributed by atoms with Crippen LogP contribution in [0.4, 0.5) is 5.69 Å². The average molecular weight is 413 g/mol. The number of nitrogens with one attached hydrogen (secondary N) is 2. The Morgan fingerprint density at radius 2 is 1.90 bits per heavy atom. The number of esters is 1. The van der Waals surface area contributed by atoms with Crippen LogP contribution in [0.3, 0.4) is 0 Å². The summed E-state index contributed by atoms with van der Waals surface area (Å²) < 4.78 is 9.43. The van der Waals surface area contributed by atoms with Crippen LogP contribution in [0, 0.1) is 5.92 Å². The van der Waals surface area contributed by atoms with Gasteiger partial charge in [0.1, 0.15) is 12.8 Å². The number of hydrogen-bond acceptors (Lipinski definition) is 6. The van der Waals surface area contributed by atoms with Gasteiger partial charge < -0.3 is 24.7 Å². The van der Waals surface area contributed by atoms with Gasteiger partial charge in [0.15, 0.2) is 0 Å². The Kier molecular flexibility index (Phi) is 6.84. The summed E-state index contributed by atoms with van der Waals surface area (Å²) in [6.45, 7) is 0.734. The Morgan fingerprint density at radius 1 is 1.13 bits per heavy atom. The number of amides is 3. The Labute approximate surface area is 173 Å². The van der Waals surface area contributed by atoms with Gasteiger partial charge in [0.25, 0.3) is 11.8 Å². The second-order valence-corrected chi connectivity index (χ2v) is 6.91. The maximum Gasteiger partial charge on any atom is 0.325 e. The third kappa shape index (κ3) is 5.25. The monoisotopic (exact) mass is 413 g/mol. The predicted molar refractivity (Wildman–Crippen MR) is 107 cm³/mol. The molecule has 0 spiro atoms. The van der Waals surface area contributed by atoms with Crippen LogP contribution >= 0.6 is 0 Å². The number of carbonyl (C=O) groups excluding carboxylic acids is 4. The quantitative estimate of drug-likeness (QED) is 0.696. The fraction of sp³-hybridized carbons (Fsp3) is 0.333. The number of rotatable bonds is 6. The van der Waals surface area contributed by atoms with Crippen LogP contribution in [0.2, 0.25) is 0 Å². The fourth-order valence-electron chi connectivity index (χ4n) is 3.22. The molecular formula is C21H23N3O6. The van der Waals surface area contributed by atoms with E-state index >= 15 is 0 Å². The molecule has 0 bridgehead atoms. The lowest BCUT2D eigenvalue weighted by atomic mass is 9.95. The Balaban J connectivity index is 1.52. The van der Waals surface area contributed by atoms with Gasteiger partial charge in [0, 0.05) is 30.3 Å². The number of ether oxygens (including phenoxy) is 1. The van der Waals surface area contributed by atoms with Gasteiger partial charge in [-0.3, -0.25) is 19.2 Å². The van der Waals surface area contributed by atoms with E-state index in [2.05, 4.69) is 15.4 Å². The van der Waals surface area contributed by atoms with Crippen molar-refractivity contribution in [3.8, 4) is 0 Å². The summed E-state index contributed by atoms with van der Waals surface area (Å²) in [5, 5.41) is 5.28. The largest absolute Gasteiger partial charge is 0.472 e. The first-order valence-electron chi connectivity index (χ1n) is 9.55. The van der Waals surface area contributed by atoms with Crippen LogP contribution in [0.25, 0.3) is 0 Å². The molecule has 9 heteroatoms. The Hall–Kier alpha value is -3.62. The summed E-state index contributed by atoms with van der Waals surface area (Å²) in [6, 6.07) is 8.08. The van der Waals surface area contributed by atoms with E-state index in [1.54, 1.807) is 35.2 Å². The summed E-state index contributed by atoms with van der Waals surface area (Å²) in [6.07, 6.45) is 3.97. The summed E-state index contributed by atoms with van der Waals surface area (Å²) in [4.78, 5) is 49.9. The molecule has 9 nitrogen and oxygen atoms in total. The van der Waals surface area contributed by atoms with Crippen molar-refractivity contribution in [1.29, 1.82) is 0 Å². The summed E-state index contributed by atoms with van der Waals surface area (Å²) in [7, 11) is 1.24. The van der Waals surface area contributed by atoms with E-state index in [4.69, 9.17) is 4.42 Å². The number of furan rings is 1. The smallest absolute Gasteiger partial charge is 0.325 e. The topological polar surface area (TPSA) is 118 Å². The lowest BCUT2D eigenvalue weighted by Gasteiger charge is -2.31. The second-order valence-electron chi connectivity index (χ2n) is 6.91. The van der Waals surface area contributed by atoms with Gasteiger partial charge in [-0.25, -0.2) is 0 Å². The molecule has 2 aromatic rings. The number of benzene rings is 1. The van der Waals surface area contributed by atoms with Crippen molar-refractivity contribution in [3.63, 3.8) is 0 Å². The summed E-state index contributed by atoms with van der Waals surface area (Å²) in [5.74, 6) is -1.48. The lowest BCUT2D eigenvalue weighted by molar-refractivity contribution is -0.139. The Bertz CT molecular complexity index is 917. The third-order valence-electron chi connectivity index (χ3n) is 4.93. The fourth-order valence-corrected chi connectivity index (χ4v) is 3.22. The highest BCUT2D eigenvalue weighted by Gasteiger charge is 2.28. The molecule has 1 fully saturated rings. The minimum absolute atomic E-state index is 0.103. The van der Waals surface area contributed by atoms with E-state index in [-0.39, 0.29) is 24.3 Å². The molecule has 2 heterocycles. The van der Waals surface area contributed by atoms with Crippen LogP contribution in [0.5, 0.6) is 0 Å². The molecule has 1 aliphatic heterocycles. The molecular weight excluding hydrogens is 390 g/mol. The number of carbonyl (C=O) groups is 4. The van der Waals surface area contributed by atoms with E-state index in [9.17, 15) is 19.2 Å². The predicted octanol–water partition coefficient (Wildman–Crippen LogP) is 1.67. The van der Waals surface area contributed by atoms with Gasteiger partial charge in [-0.15, -0.1) is 0 Å². The van der Waals surface area contributed by atoms with Crippen molar-refractivity contribution < 1.29 is 28.3 Å². The van der Waals surface area contributed by atoms with Crippen molar-refractivity contribution in [2.24, 2.45) is 5.92 Å². The highest BCUT2D eigenvalue weighted by atomic mass is 16.5. The number of methoxy groups -OCH3 is 1. The van der Waals surface area contributed by atoms with Crippen LogP contribution in [0.15, 0.2) is 47.3 Å². The van der Waals surface area contributed by atoms with Gasteiger partial charge in [-0.1, -0.05) is 6.07 Å². The standard InChI is InChI=1S/C21H23N3O6/c1-29-18(25)12-22-19(26)15-3-2-4-17(11-15)23-20(27)14-5-8-24(9-6-14)21(28)16-7-10-30-13-16/h2-4,7,10-11,13-14H,5-6,8-9,12H2,1H3,(H,22,26)(H,23,27). The van der Waals surface area contributed by atoms with Gasteiger partial charge in [0.05, 0.1) is 18.9 Å². The van der Waals surface area contributed by atoms with E-state index in [1.807, 2.05) is 0 Å². The summed E-state index contributed by atoms with van der Waals surface area (Å²) in [5.41, 5.74) is 1.31. The van der Waals surface area contributed by atoms with E-state index in [1.165, 1.54) is 19.6 Å². The molecule has 1 aromatic carbocycles. The number of nitrogens with zero attached hydrogens (tertiary/aromatic N) is 1. The SMILES string of the molecule is COC(=O)CNC(=O)c1cccc(NC(=O)C2CCN(C(=O)c3ccoc3)CC2)c1. The number of anilines is 1. The maximum atomic E-state index is 12.6. The van der Waals surface area contributed by atoms with Crippen LogP contribution in [-0.2, 0) is 14.3 Å². The molecule has 0 saturated carbocycles. The molecule has 158 valence electrons. The van der Waals surface area contributed by atoms with Crippen molar-refractivity contribution in [1.82, 2.24) is 10.2 Å². The second kappa shape index (κ2) is 9.73. The average Bonchev–Trinajstić information content (AvgIpc) is 3.32. The summed E-state index contributed by atoms with van der Waals surface area (Å²) >= 11 is 0. The first-order valence-corrected chi connectivity index (χ1v) is 9.55. The third-order valence-corrected chi connectivity index (χ3v) is 4.93. The van der Waals surface area contributed by atoms with Crippen molar-refractivity contribution >= 4 is 29.4 Å². The Morgan fingerprint density at radius 3 is 2.57 bits per heavy atom. The minimum atomic E-state index is -0.551. The first-order chi connectivity index (χ1) is 14.5. The van der Waals surface area contributed by atoms with Gasteiger partial charge in [-0.2, -0.15) is 0 Å². The van der Waals surface area contributed by atoms with Crippen LogP contribution < -0.4 is 10.6 Å². The molecule has 1 saturated heterocycles. The zero-order chi connectivity index (χ0) is 21.5. The molecule has 2 N–H and O–H groups in total. The zero-order valence-electron chi connectivity index (χ0n) is 16.6. The molecule has 30 heavy (non-hydrogen) atoms. The first kappa shape index (κ1) is 21.1. The van der Waals surface area contributed by atoms with E-state index < -0.39 is 11.9 Å². The molecule has 1 aromatic heterocycles. The van der Waals surface area contributed by atoms with Gasteiger partial charge >= 0.3 is 5.97 Å². The number of piperidine rings is 1. The van der Waals surface area contributed by atoms with Gasteiger partial charge in [0.2, 0.25) is 5.91 Å². The normalized spacial score (nSPS) is 14.1. The highest BCUT2D eigenvalue weighted by Crippen LogP contribution is 2.21. The van der Waals surface area contributed by atoms with Crippen molar-refractivity contribution in [3.05, 3.63) is 54.0 Å². The van der Waals surface area contributed by atoms with E-state index in [0.717, 1.165) is 0 Å². The maximum absolute atomic E-state index is 12.6. The molecule has 3 amide bonds.